The predicted molar refractivity (Wildman–Crippen MR) is 82.2 cm³/mol. The minimum atomic E-state index is -0.813. The molecule has 1 aliphatic carbocycles. The average molecular weight is 385 g/mol. The van der Waals surface area contributed by atoms with E-state index in [2.05, 4.69) is 27.9 Å². The lowest BCUT2D eigenvalue weighted by molar-refractivity contribution is -0.129. The van der Waals surface area contributed by atoms with Gasteiger partial charge < -0.3 is 10.4 Å². The fraction of sp³-hybridized carbons (Fsp3) is 0.467. The third-order valence-electron chi connectivity index (χ3n) is 4.29. The first-order valence-corrected chi connectivity index (χ1v) is 7.93. The molecule has 0 bridgehead atoms. The van der Waals surface area contributed by atoms with E-state index in [9.17, 15) is 14.7 Å². The number of carbonyl (C=O) groups excluding carboxylic acids is 2. The number of nitrogens with one attached hydrogen (secondary N) is 1. The molecule has 5 heteroatoms. The molecular weight excluding hydrogens is 369 g/mol. The molecule has 1 aromatic rings. The fourth-order valence-corrected chi connectivity index (χ4v) is 3.91. The maximum absolute atomic E-state index is 12.4. The molecule has 1 amide bonds. The molecule has 0 saturated carbocycles. The van der Waals surface area contributed by atoms with Crippen molar-refractivity contribution in [2.75, 3.05) is 0 Å². The third-order valence-corrected chi connectivity index (χ3v) is 5.30. The summed E-state index contributed by atoms with van der Waals surface area (Å²) in [5, 5.41) is 12.5. The number of fused-ring (bicyclic) bond motifs is 1. The highest BCUT2D eigenvalue weighted by atomic mass is 127. The number of aliphatic hydroxyl groups is 1. The zero-order valence-corrected chi connectivity index (χ0v) is 13.1. The number of aliphatic hydroxyl groups excluding tert-OH is 1. The third kappa shape index (κ3) is 2.48. The first kappa shape index (κ1) is 14.0. The van der Waals surface area contributed by atoms with Gasteiger partial charge in [0.05, 0.1) is 0 Å². The summed E-state index contributed by atoms with van der Waals surface area (Å²) >= 11 is 2.26. The van der Waals surface area contributed by atoms with Crippen LogP contribution in [0, 0.1) is 15.4 Å². The molecule has 2 aliphatic rings. The minimum absolute atomic E-state index is 0.0198. The summed E-state index contributed by atoms with van der Waals surface area (Å²) in [6, 6.07) is 5.82. The van der Waals surface area contributed by atoms with Gasteiger partial charge in [-0.2, -0.15) is 0 Å². The van der Waals surface area contributed by atoms with Crippen molar-refractivity contribution < 1.29 is 14.7 Å². The molecule has 3 rings (SSSR count). The van der Waals surface area contributed by atoms with Crippen LogP contribution in [-0.4, -0.2) is 23.0 Å². The Labute approximate surface area is 131 Å². The van der Waals surface area contributed by atoms with Crippen molar-refractivity contribution in [1.82, 2.24) is 5.32 Å². The first-order chi connectivity index (χ1) is 9.56. The van der Waals surface area contributed by atoms with Gasteiger partial charge in [-0.25, -0.2) is 0 Å². The Morgan fingerprint density at radius 2 is 2.15 bits per heavy atom. The van der Waals surface area contributed by atoms with Crippen LogP contribution < -0.4 is 5.32 Å². The van der Waals surface area contributed by atoms with Crippen molar-refractivity contribution in [3.8, 4) is 0 Å². The number of carbonyl (C=O) groups is 2. The van der Waals surface area contributed by atoms with Crippen molar-refractivity contribution in [3.63, 3.8) is 0 Å². The first-order valence-electron chi connectivity index (χ1n) is 6.85. The van der Waals surface area contributed by atoms with Crippen LogP contribution in [0.25, 0.3) is 0 Å². The molecule has 3 atom stereocenters. The molecule has 0 spiro atoms. The molecule has 2 N–H and O–H groups in total. The number of benzene rings is 1. The second kappa shape index (κ2) is 5.44. The van der Waals surface area contributed by atoms with E-state index in [4.69, 9.17) is 0 Å². The maximum atomic E-state index is 12.4. The van der Waals surface area contributed by atoms with E-state index >= 15 is 0 Å². The van der Waals surface area contributed by atoms with Gasteiger partial charge in [0.2, 0.25) is 5.91 Å². The largest absolute Gasteiger partial charge is 0.373 e. The van der Waals surface area contributed by atoms with Gasteiger partial charge in [-0.3, -0.25) is 9.59 Å². The van der Waals surface area contributed by atoms with Gasteiger partial charge in [-0.15, -0.1) is 0 Å². The second-order valence-corrected chi connectivity index (χ2v) is 6.74. The standard InChI is InChI=1S/C15H16INO3/c16-12-3-1-2-10-11(12)7-9(14(10)19)6-8-4-5-13(18)17-15(8)20/h1-3,8-9,15,20H,4-7H2,(H,17,18). The Morgan fingerprint density at radius 3 is 2.85 bits per heavy atom. The van der Waals surface area contributed by atoms with E-state index in [-0.39, 0.29) is 23.5 Å². The minimum Gasteiger partial charge on any atom is -0.373 e. The summed E-state index contributed by atoms with van der Waals surface area (Å²) in [5.74, 6) is -0.00357. The van der Waals surface area contributed by atoms with E-state index in [1.165, 1.54) is 0 Å². The van der Waals surface area contributed by atoms with Gasteiger partial charge in [0, 0.05) is 27.4 Å². The second-order valence-electron chi connectivity index (χ2n) is 5.58. The number of piperidine rings is 1. The molecule has 20 heavy (non-hydrogen) atoms. The van der Waals surface area contributed by atoms with Gasteiger partial charge in [-0.05, 0) is 53.5 Å². The number of hydrogen-bond donors (Lipinski definition) is 2. The quantitative estimate of drug-likeness (QED) is 0.765. The Bertz CT molecular complexity index is 572. The molecule has 1 fully saturated rings. The van der Waals surface area contributed by atoms with Crippen LogP contribution in [0.4, 0.5) is 0 Å². The van der Waals surface area contributed by atoms with Crippen molar-refractivity contribution in [2.24, 2.45) is 11.8 Å². The number of amides is 1. The van der Waals surface area contributed by atoms with Crippen LogP contribution in [-0.2, 0) is 11.2 Å². The Hall–Kier alpha value is -0.950. The fourth-order valence-electron chi connectivity index (χ4n) is 3.19. The lowest BCUT2D eigenvalue weighted by atomic mass is 9.85. The van der Waals surface area contributed by atoms with Crippen molar-refractivity contribution in [3.05, 3.63) is 32.9 Å². The highest BCUT2D eigenvalue weighted by molar-refractivity contribution is 14.1. The van der Waals surface area contributed by atoms with Gasteiger partial charge >= 0.3 is 0 Å². The Morgan fingerprint density at radius 1 is 1.35 bits per heavy atom. The van der Waals surface area contributed by atoms with Crippen LogP contribution in [0.15, 0.2) is 18.2 Å². The van der Waals surface area contributed by atoms with E-state index in [0.717, 1.165) is 21.1 Å². The van der Waals surface area contributed by atoms with E-state index < -0.39 is 6.23 Å². The Kier molecular flexibility index (Phi) is 3.81. The van der Waals surface area contributed by atoms with Crippen LogP contribution >= 0.6 is 22.6 Å². The SMILES string of the molecule is O=C1CCC(CC2Cc3c(I)cccc3C2=O)C(O)N1. The zero-order valence-electron chi connectivity index (χ0n) is 10.9. The number of hydrogen-bond acceptors (Lipinski definition) is 3. The predicted octanol–water partition coefficient (Wildman–Crippen LogP) is 1.88. The van der Waals surface area contributed by atoms with Crippen molar-refractivity contribution in [1.29, 1.82) is 0 Å². The van der Waals surface area contributed by atoms with Crippen LogP contribution in [0.2, 0.25) is 0 Å². The molecule has 1 aromatic carbocycles. The molecule has 1 saturated heterocycles. The molecule has 3 unspecified atom stereocenters. The lowest BCUT2D eigenvalue weighted by Gasteiger charge is -2.29. The van der Waals surface area contributed by atoms with Gasteiger partial charge in [0.25, 0.3) is 0 Å². The average Bonchev–Trinajstić information content (AvgIpc) is 2.72. The maximum Gasteiger partial charge on any atom is 0.221 e. The van der Waals surface area contributed by atoms with Crippen molar-refractivity contribution >= 4 is 34.3 Å². The number of halogens is 1. The number of Topliss-reactive ketones (excluding diaryl/α,β-unsaturated/α-hetero) is 1. The molecule has 1 aliphatic heterocycles. The summed E-state index contributed by atoms with van der Waals surface area (Å²) in [7, 11) is 0. The van der Waals surface area contributed by atoms with Gasteiger partial charge in [-0.1, -0.05) is 12.1 Å². The molecule has 0 radical (unpaired) electrons. The summed E-state index contributed by atoms with van der Waals surface area (Å²) in [6.45, 7) is 0. The normalized spacial score (nSPS) is 29.2. The summed E-state index contributed by atoms with van der Waals surface area (Å²) in [6.07, 6.45) is 1.68. The molecule has 0 aromatic heterocycles. The monoisotopic (exact) mass is 385 g/mol. The Balaban J connectivity index is 1.73. The number of rotatable bonds is 2. The molecular formula is C15H16INO3. The van der Waals surface area contributed by atoms with Gasteiger partial charge in [0.1, 0.15) is 6.23 Å². The van der Waals surface area contributed by atoms with Gasteiger partial charge in [0.15, 0.2) is 5.78 Å². The van der Waals surface area contributed by atoms with E-state index in [1.807, 2.05) is 18.2 Å². The van der Waals surface area contributed by atoms with Crippen LogP contribution in [0.5, 0.6) is 0 Å². The lowest BCUT2D eigenvalue weighted by Crippen LogP contribution is -2.45. The van der Waals surface area contributed by atoms with Crippen LogP contribution in [0.1, 0.15) is 35.2 Å². The summed E-state index contributed by atoms with van der Waals surface area (Å²) < 4.78 is 1.13. The van der Waals surface area contributed by atoms with Crippen LogP contribution in [0.3, 0.4) is 0 Å². The zero-order chi connectivity index (χ0) is 14.3. The molecule has 1 heterocycles. The van der Waals surface area contributed by atoms with Crippen molar-refractivity contribution in [2.45, 2.75) is 31.9 Å². The topological polar surface area (TPSA) is 66.4 Å². The summed E-state index contributed by atoms with van der Waals surface area (Å²) in [5.41, 5.74) is 1.97. The number of ketones is 1. The highest BCUT2D eigenvalue weighted by Crippen LogP contribution is 2.35. The summed E-state index contributed by atoms with van der Waals surface area (Å²) in [4.78, 5) is 23.6. The molecule has 4 nitrogen and oxygen atoms in total. The molecule has 106 valence electrons. The van der Waals surface area contributed by atoms with E-state index in [0.29, 0.717) is 19.3 Å². The smallest absolute Gasteiger partial charge is 0.221 e. The highest BCUT2D eigenvalue weighted by Gasteiger charge is 2.36. The van der Waals surface area contributed by atoms with E-state index in [1.54, 1.807) is 0 Å².